The van der Waals surface area contributed by atoms with Crippen molar-refractivity contribution in [1.29, 1.82) is 0 Å². The first-order valence-corrected chi connectivity index (χ1v) is 9.09. The number of hydrogen-bond donors (Lipinski definition) is 2. The molecule has 1 aromatic carbocycles. The quantitative estimate of drug-likeness (QED) is 0.860. The molecule has 2 aliphatic rings. The lowest BCUT2D eigenvalue weighted by Crippen LogP contribution is -2.52. The van der Waals surface area contributed by atoms with Gasteiger partial charge in [-0.3, -0.25) is 9.59 Å². The predicted molar refractivity (Wildman–Crippen MR) is 94.6 cm³/mol. The smallest absolute Gasteiger partial charge is 0.254 e. The van der Waals surface area contributed by atoms with Crippen LogP contribution in [-0.4, -0.2) is 48.4 Å². The number of rotatable bonds is 3. The molecule has 0 bridgehead atoms. The van der Waals surface area contributed by atoms with E-state index in [-0.39, 0.29) is 17.9 Å². The Hall–Kier alpha value is -1.30. The number of halogens is 2. The average molecular weight is 370 g/mol. The summed E-state index contributed by atoms with van der Waals surface area (Å²) < 4.78 is 0. The molecule has 1 aromatic rings. The molecule has 24 heavy (non-hydrogen) atoms. The number of amides is 2. The minimum Gasteiger partial charge on any atom is -0.350 e. The molecule has 0 aliphatic carbocycles. The highest BCUT2D eigenvalue weighted by molar-refractivity contribution is 6.42. The van der Waals surface area contributed by atoms with Gasteiger partial charge in [0.25, 0.3) is 5.91 Å². The maximum absolute atomic E-state index is 12.7. The fourth-order valence-electron chi connectivity index (χ4n) is 3.35. The van der Waals surface area contributed by atoms with Crippen molar-refractivity contribution in [2.24, 2.45) is 0 Å². The van der Waals surface area contributed by atoms with Gasteiger partial charge in [-0.05, 0) is 50.4 Å². The minimum atomic E-state index is -0.408. The summed E-state index contributed by atoms with van der Waals surface area (Å²) in [7, 11) is 0. The highest BCUT2D eigenvalue weighted by Gasteiger charge is 2.35. The van der Waals surface area contributed by atoms with Gasteiger partial charge in [-0.1, -0.05) is 23.2 Å². The molecule has 2 fully saturated rings. The van der Waals surface area contributed by atoms with Gasteiger partial charge in [0.05, 0.1) is 10.0 Å². The maximum Gasteiger partial charge on any atom is 0.254 e. The lowest BCUT2D eigenvalue weighted by molar-refractivity contribution is -0.125. The van der Waals surface area contributed by atoms with E-state index in [1.807, 2.05) is 0 Å². The summed E-state index contributed by atoms with van der Waals surface area (Å²) in [5, 5.41) is 7.11. The second-order valence-corrected chi connectivity index (χ2v) is 7.15. The number of nitrogens with zero attached hydrogens (tertiary/aromatic N) is 1. The lowest BCUT2D eigenvalue weighted by atomic mass is 10.1. The summed E-state index contributed by atoms with van der Waals surface area (Å²) in [5.41, 5.74) is 0.462. The molecule has 5 nitrogen and oxygen atoms in total. The number of piperidine rings is 1. The molecule has 2 N–H and O–H groups in total. The number of benzene rings is 1. The van der Waals surface area contributed by atoms with Gasteiger partial charge in [-0.15, -0.1) is 0 Å². The number of hydrogen-bond acceptors (Lipinski definition) is 3. The second kappa shape index (κ2) is 7.72. The van der Waals surface area contributed by atoms with Crippen LogP contribution in [0.25, 0.3) is 0 Å². The second-order valence-electron chi connectivity index (χ2n) is 6.34. The van der Waals surface area contributed by atoms with Gasteiger partial charge in [0.1, 0.15) is 6.04 Å². The van der Waals surface area contributed by atoms with Gasteiger partial charge in [-0.2, -0.15) is 0 Å². The van der Waals surface area contributed by atoms with Crippen LogP contribution in [0.15, 0.2) is 18.2 Å². The Balaban J connectivity index is 1.68. The molecule has 0 spiro atoms. The number of likely N-dealkylation sites (tertiary alicyclic amines) is 1. The SMILES string of the molecule is O=C(NC1CCCNC1)C1CCCN1C(=O)c1ccc(Cl)c(Cl)c1. The van der Waals surface area contributed by atoms with Gasteiger partial charge in [0.15, 0.2) is 0 Å². The van der Waals surface area contributed by atoms with Crippen molar-refractivity contribution in [3.05, 3.63) is 33.8 Å². The normalized spacial score (nSPS) is 24.0. The third-order valence-corrected chi connectivity index (χ3v) is 5.37. The van der Waals surface area contributed by atoms with Crippen LogP contribution < -0.4 is 10.6 Å². The summed E-state index contributed by atoms with van der Waals surface area (Å²) >= 11 is 11.9. The van der Waals surface area contributed by atoms with Crippen LogP contribution in [-0.2, 0) is 4.79 Å². The van der Waals surface area contributed by atoms with Crippen molar-refractivity contribution in [2.75, 3.05) is 19.6 Å². The summed E-state index contributed by atoms with van der Waals surface area (Å²) in [4.78, 5) is 27.0. The van der Waals surface area contributed by atoms with E-state index in [2.05, 4.69) is 10.6 Å². The molecule has 2 aliphatic heterocycles. The molecule has 0 radical (unpaired) electrons. The maximum atomic E-state index is 12.7. The molecule has 130 valence electrons. The van der Waals surface area contributed by atoms with Crippen molar-refractivity contribution in [3.63, 3.8) is 0 Å². The van der Waals surface area contributed by atoms with Crippen molar-refractivity contribution in [3.8, 4) is 0 Å². The summed E-state index contributed by atoms with van der Waals surface area (Å²) in [5.74, 6) is -0.234. The Morgan fingerprint density at radius 2 is 2.00 bits per heavy atom. The van der Waals surface area contributed by atoms with Gasteiger partial charge in [0, 0.05) is 24.7 Å². The minimum absolute atomic E-state index is 0.0605. The van der Waals surface area contributed by atoms with E-state index < -0.39 is 6.04 Å². The van der Waals surface area contributed by atoms with E-state index in [0.29, 0.717) is 28.6 Å². The molecule has 3 rings (SSSR count). The standard InChI is InChI=1S/C17H21Cl2N3O2/c18-13-6-5-11(9-14(13)19)17(24)22-8-2-4-15(22)16(23)21-12-3-1-7-20-10-12/h5-6,9,12,15,20H,1-4,7-8,10H2,(H,21,23). The third-order valence-electron chi connectivity index (χ3n) is 4.63. The first kappa shape index (κ1) is 17.5. The van der Waals surface area contributed by atoms with Gasteiger partial charge in [-0.25, -0.2) is 0 Å². The molecule has 2 atom stereocenters. The summed E-state index contributed by atoms with van der Waals surface area (Å²) in [6.07, 6.45) is 3.56. The Morgan fingerprint density at radius 3 is 2.71 bits per heavy atom. The fourth-order valence-corrected chi connectivity index (χ4v) is 3.65. The summed E-state index contributed by atoms with van der Waals surface area (Å²) in [6.45, 7) is 2.37. The molecule has 2 unspecified atom stereocenters. The predicted octanol–water partition coefficient (Wildman–Crippen LogP) is 2.47. The lowest BCUT2D eigenvalue weighted by Gasteiger charge is -2.28. The topological polar surface area (TPSA) is 61.4 Å². The van der Waals surface area contributed by atoms with Crippen LogP contribution in [0, 0.1) is 0 Å². The molecule has 2 saturated heterocycles. The van der Waals surface area contributed by atoms with E-state index in [4.69, 9.17) is 23.2 Å². The van der Waals surface area contributed by atoms with Crippen molar-refractivity contribution < 1.29 is 9.59 Å². The van der Waals surface area contributed by atoms with Crippen LogP contribution in [0.2, 0.25) is 10.0 Å². The van der Waals surface area contributed by atoms with Crippen LogP contribution in [0.4, 0.5) is 0 Å². The summed E-state index contributed by atoms with van der Waals surface area (Å²) in [6, 6.07) is 4.55. The molecular formula is C17H21Cl2N3O2. The van der Waals surface area contributed by atoms with E-state index in [1.165, 1.54) is 0 Å². The highest BCUT2D eigenvalue weighted by atomic mass is 35.5. The molecule has 0 aromatic heterocycles. The van der Waals surface area contributed by atoms with Crippen molar-refractivity contribution in [2.45, 2.75) is 37.8 Å². The monoisotopic (exact) mass is 369 g/mol. The highest BCUT2D eigenvalue weighted by Crippen LogP contribution is 2.26. The fraction of sp³-hybridized carbons (Fsp3) is 0.529. The molecular weight excluding hydrogens is 349 g/mol. The van der Waals surface area contributed by atoms with Crippen LogP contribution in [0.5, 0.6) is 0 Å². The van der Waals surface area contributed by atoms with Crippen LogP contribution in [0.3, 0.4) is 0 Å². The molecule has 7 heteroatoms. The third kappa shape index (κ3) is 3.85. The average Bonchev–Trinajstić information content (AvgIpc) is 3.07. The molecule has 2 amide bonds. The van der Waals surface area contributed by atoms with Gasteiger partial charge >= 0.3 is 0 Å². The zero-order valence-electron chi connectivity index (χ0n) is 13.4. The zero-order chi connectivity index (χ0) is 17.1. The Morgan fingerprint density at radius 1 is 1.17 bits per heavy atom. The Kier molecular flexibility index (Phi) is 5.64. The number of carbonyl (C=O) groups excluding carboxylic acids is 2. The van der Waals surface area contributed by atoms with Crippen molar-refractivity contribution in [1.82, 2.24) is 15.5 Å². The van der Waals surface area contributed by atoms with Crippen LogP contribution >= 0.6 is 23.2 Å². The Labute approximate surface area is 151 Å². The molecule has 0 saturated carbocycles. The van der Waals surface area contributed by atoms with Crippen LogP contribution in [0.1, 0.15) is 36.0 Å². The largest absolute Gasteiger partial charge is 0.350 e. The number of carbonyl (C=O) groups is 2. The Bertz CT molecular complexity index is 632. The number of nitrogens with one attached hydrogen (secondary N) is 2. The first-order chi connectivity index (χ1) is 11.6. The van der Waals surface area contributed by atoms with E-state index in [9.17, 15) is 9.59 Å². The zero-order valence-corrected chi connectivity index (χ0v) is 14.9. The van der Waals surface area contributed by atoms with Crippen molar-refractivity contribution >= 4 is 35.0 Å². The first-order valence-electron chi connectivity index (χ1n) is 8.33. The van der Waals surface area contributed by atoms with E-state index in [0.717, 1.165) is 32.4 Å². The van der Waals surface area contributed by atoms with Gasteiger partial charge in [0.2, 0.25) is 5.91 Å². The van der Waals surface area contributed by atoms with E-state index in [1.54, 1.807) is 23.1 Å². The molecule has 2 heterocycles. The van der Waals surface area contributed by atoms with Gasteiger partial charge < -0.3 is 15.5 Å². The van der Waals surface area contributed by atoms with E-state index >= 15 is 0 Å².